The number of para-hydroxylation sites is 1. The highest BCUT2D eigenvalue weighted by molar-refractivity contribution is 5.85. The monoisotopic (exact) mass is 392 g/mol. The van der Waals surface area contributed by atoms with Crippen LogP contribution in [0.1, 0.15) is 22.7 Å². The van der Waals surface area contributed by atoms with Gasteiger partial charge in [-0.25, -0.2) is 0 Å². The minimum Gasteiger partial charge on any atom is -0.491 e. The number of rotatable bonds is 10. The molecule has 2 aromatic rings. The summed E-state index contributed by atoms with van der Waals surface area (Å²) < 4.78 is 11.0. The van der Waals surface area contributed by atoms with Gasteiger partial charge < -0.3 is 20.1 Å². The van der Waals surface area contributed by atoms with Gasteiger partial charge in [-0.1, -0.05) is 48.5 Å². The standard InChI is InChI=1S/C21H28N2O3.ClH/c1-16-8-7-9-17(2)21(16)26-15-19(18-10-5-4-6-11-18)23-20(24)14-22-12-13-25-3;/h4-11,19,22H,12-15H2,1-3H3,(H,23,24);1H. The minimum atomic E-state index is -0.216. The van der Waals surface area contributed by atoms with E-state index < -0.39 is 0 Å². The lowest BCUT2D eigenvalue weighted by atomic mass is 10.1. The number of nitrogens with one attached hydrogen (secondary N) is 2. The van der Waals surface area contributed by atoms with Crippen molar-refractivity contribution in [2.24, 2.45) is 0 Å². The lowest BCUT2D eigenvalue weighted by Gasteiger charge is -2.21. The molecule has 6 heteroatoms. The number of hydrogen-bond donors (Lipinski definition) is 2. The van der Waals surface area contributed by atoms with Crippen molar-refractivity contribution in [3.8, 4) is 5.75 Å². The van der Waals surface area contributed by atoms with Gasteiger partial charge in [-0.2, -0.15) is 0 Å². The van der Waals surface area contributed by atoms with E-state index in [0.717, 1.165) is 22.4 Å². The van der Waals surface area contributed by atoms with Crippen molar-refractivity contribution in [3.63, 3.8) is 0 Å². The van der Waals surface area contributed by atoms with Gasteiger partial charge in [-0.15, -0.1) is 12.4 Å². The van der Waals surface area contributed by atoms with E-state index in [1.807, 2.05) is 62.4 Å². The molecule has 0 saturated carbocycles. The molecule has 0 radical (unpaired) electrons. The van der Waals surface area contributed by atoms with Gasteiger partial charge in [0.15, 0.2) is 0 Å². The minimum absolute atomic E-state index is 0. The van der Waals surface area contributed by atoms with E-state index in [1.54, 1.807) is 7.11 Å². The van der Waals surface area contributed by atoms with Crippen LogP contribution in [-0.2, 0) is 9.53 Å². The number of benzene rings is 2. The van der Waals surface area contributed by atoms with E-state index in [1.165, 1.54) is 0 Å². The second-order valence-electron chi connectivity index (χ2n) is 6.23. The highest BCUT2D eigenvalue weighted by Gasteiger charge is 2.16. The van der Waals surface area contributed by atoms with Crippen LogP contribution in [0.25, 0.3) is 0 Å². The Morgan fingerprint density at radius 1 is 1.04 bits per heavy atom. The lowest BCUT2D eigenvalue weighted by Crippen LogP contribution is -2.39. The quantitative estimate of drug-likeness (QED) is 0.609. The van der Waals surface area contributed by atoms with Crippen molar-refractivity contribution in [2.45, 2.75) is 19.9 Å². The van der Waals surface area contributed by atoms with E-state index >= 15 is 0 Å². The second kappa shape index (κ2) is 12.3. The molecule has 0 fully saturated rings. The summed E-state index contributed by atoms with van der Waals surface area (Å²) in [6, 6.07) is 15.7. The smallest absolute Gasteiger partial charge is 0.234 e. The van der Waals surface area contributed by atoms with Crippen molar-refractivity contribution in [3.05, 3.63) is 65.2 Å². The van der Waals surface area contributed by atoms with Gasteiger partial charge in [0, 0.05) is 13.7 Å². The number of amides is 1. The number of carbonyl (C=O) groups is 1. The van der Waals surface area contributed by atoms with Gasteiger partial charge >= 0.3 is 0 Å². The first-order chi connectivity index (χ1) is 12.6. The normalized spacial score (nSPS) is 11.4. The van der Waals surface area contributed by atoms with Crippen molar-refractivity contribution >= 4 is 18.3 Å². The molecule has 1 unspecified atom stereocenters. The fourth-order valence-electron chi connectivity index (χ4n) is 2.72. The summed E-state index contributed by atoms with van der Waals surface area (Å²) >= 11 is 0. The second-order valence-corrected chi connectivity index (χ2v) is 6.23. The highest BCUT2D eigenvalue weighted by atomic mass is 35.5. The first kappa shape index (κ1) is 23.0. The molecule has 0 aliphatic heterocycles. The molecule has 27 heavy (non-hydrogen) atoms. The molecule has 148 valence electrons. The van der Waals surface area contributed by atoms with Gasteiger partial charge in [0.1, 0.15) is 12.4 Å². The molecule has 0 heterocycles. The fourth-order valence-corrected chi connectivity index (χ4v) is 2.72. The van der Waals surface area contributed by atoms with Crippen LogP contribution in [0.5, 0.6) is 5.75 Å². The van der Waals surface area contributed by atoms with E-state index in [4.69, 9.17) is 9.47 Å². The van der Waals surface area contributed by atoms with Crippen molar-refractivity contribution < 1.29 is 14.3 Å². The molecule has 2 aromatic carbocycles. The van der Waals surface area contributed by atoms with Crippen LogP contribution in [0, 0.1) is 13.8 Å². The molecule has 0 aliphatic carbocycles. The summed E-state index contributed by atoms with van der Waals surface area (Å²) in [7, 11) is 1.64. The number of carbonyl (C=O) groups excluding carboxylic acids is 1. The molecule has 0 saturated heterocycles. The predicted molar refractivity (Wildman–Crippen MR) is 111 cm³/mol. The topological polar surface area (TPSA) is 59.6 Å². The molecular formula is C21H29ClN2O3. The molecule has 0 aliphatic rings. The van der Waals surface area contributed by atoms with Crippen molar-refractivity contribution in [2.75, 3.05) is 33.4 Å². The summed E-state index contributed by atoms with van der Waals surface area (Å²) in [5.74, 6) is 0.806. The maximum Gasteiger partial charge on any atom is 0.234 e. The Morgan fingerprint density at radius 3 is 2.33 bits per heavy atom. The van der Waals surface area contributed by atoms with Gasteiger partial charge in [0.2, 0.25) is 5.91 Å². The molecular weight excluding hydrogens is 364 g/mol. The number of aryl methyl sites for hydroxylation is 2. The Hall–Kier alpha value is -2.08. The first-order valence-electron chi connectivity index (χ1n) is 8.84. The molecule has 0 aromatic heterocycles. The maximum atomic E-state index is 12.3. The fraction of sp³-hybridized carbons (Fsp3) is 0.381. The van der Waals surface area contributed by atoms with Gasteiger partial charge in [0.25, 0.3) is 0 Å². The zero-order chi connectivity index (χ0) is 18.8. The Kier molecular flexibility index (Phi) is 10.5. The zero-order valence-corrected chi connectivity index (χ0v) is 17.0. The molecule has 5 nitrogen and oxygen atoms in total. The van der Waals surface area contributed by atoms with Crippen LogP contribution in [0.15, 0.2) is 48.5 Å². The molecule has 1 atom stereocenters. The predicted octanol–water partition coefficient (Wildman–Crippen LogP) is 3.20. The third-order valence-electron chi connectivity index (χ3n) is 4.11. The molecule has 2 N–H and O–H groups in total. The number of halogens is 1. The van der Waals surface area contributed by atoms with Gasteiger partial charge in [0.05, 0.1) is 19.2 Å². The van der Waals surface area contributed by atoms with Crippen molar-refractivity contribution in [1.82, 2.24) is 10.6 Å². The van der Waals surface area contributed by atoms with Gasteiger partial charge in [-0.05, 0) is 30.5 Å². The Balaban J connectivity index is 0.00000364. The summed E-state index contributed by atoms with van der Waals surface area (Å²) in [4.78, 5) is 12.3. The molecule has 2 rings (SSSR count). The SMILES string of the molecule is COCCNCC(=O)NC(COc1c(C)cccc1C)c1ccccc1.Cl. The largest absolute Gasteiger partial charge is 0.491 e. The third-order valence-corrected chi connectivity index (χ3v) is 4.11. The van der Waals surface area contributed by atoms with Crippen LogP contribution >= 0.6 is 12.4 Å². The molecule has 0 spiro atoms. The zero-order valence-electron chi connectivity index (χ0n) is 16.2. The lowest BCUT2D eigenvalue weighted by molar-refractivity contribution is -0.121. The van der Waals surface area contributed by atoms with Crippen LogP contribution in [0.3, 0.4) is 0 Å². The molecule has 0 bridgehead atoms. The van der Waals surface area contributed by atoms with Crippen LogP contribution in [0.4, 0.5) is 0 Å². The molecule has 1 amide bonds. The maximum absolute atomic E-state index is 12.3. The van der Waals surface area contributed by atoms with Gasteiger partial charge in [-0.3, -0.25) is 4.79 Å². The average molecular weight is 393 g/mol. The summed E-state index contributed by atoms with van der Waals surface area (Å²) in [6.45, 7) is 5.88. The Labute approximate surface area is 167 Å². The van der Waals surface area contributed by atoms with E-state index in [2.05, 4.69) is 10.6 Å². The third kappa shape index (κ3) is 7.59. The first-order valence-corrected chi connectivity index (χ1v) is 8.84. The number of ether oxygens (including phenoxy) is 2. The summed E-state index contributed by atoms with van der Waals surface area (Å²) in [6.07, 6.45) is 0. The van der Waals surface area contributed by atoms with Crippen LogP contribution < -0.4 is 15.4 Å². The van der Waals surface area contributed by atoms with Crippen molar-refractivity contribution in [1.29, 1.82) is 0 Å². The van der Waals surface area contributed by atoms with E-state index in [-0.39, 0.29) is 30.9 Å². The highest BCUT2D eigenvalue weighted by Crippen LogP contribution is 2.24. The van der Waals surface area contributed by atoms with E-state index in [9.17, 15) is 4.79 Å². The van der Waals surface area contributed by atoms with Crippen LogP contribution in [-0.4, -0.2) is 39.3 Å². The summed E-state index contributed by atoms with van der Waals surface area (Å²) in [5, 5.41) is 6.11. The number of hydrogen-bond acceptors (Lipinski definition) is 4. The Bertz CT molecular complexity index is 675. The number of methoxy groups -OCH3 is 1. The average Bonchev–Trinajstić information content (AvgIpc) is 2.64. The van der Waals surface area contributed by atoms with E-state index in [0.29, 0.717) is 19.8 Å². The summed E-state index contributed by atoms with van der Waals surface area (Å²) in [5.41, 5.74) is 3.19. The van der Waals surface area contributed by atoms with Crippen LogP contribution in [0.2, 0.25) is 0 Å². The Morgan fingerprint density at radius 2 is 1.70 bits per heavy atom.